The summed E-state index contributed by atoms with van der Waals surface area (Å²) in [6.45, 7) is 6.18. The molecule has 0 radical (unpaired) electrons. The summed E-state index contributed by atoms with van der Waals surface area (Å²) in [5.41, 5.74) is 1.24. The lowest BCUT2D eigenvalue weighted by molar-refractivity contribution is -0.116. The number of benzene rings is 1. The summed E-state index contributed by atoms with van der Waals surface area (Å²) in [7, 11) is 1.66. The van der Waals surface area contributed by atoms with Crippen molar-refractivity contribution in [2.24, 2.45) is 5.92 Å². The standard InChI is InChI=1S/C14H19NO2/c1-4-14(16)15-10-11(2)9-12-5-7-13(17-3)8-6-12/h4-8,11H,1,9-10H2,2-3H3,(H,15,16). The molecule has 0 saturated carbocycles. The van der Waals surface area contributed by atoms with Crippen molar-refractivity contribution in [2.45, 2.75) is 13.3 Å². The van der Waals surface area contributed by atoms with Gasteiger partial charge in [-0.1, -0.05) is 25.6 Å². The molecule has 1 atom stereocenters. The van der Waals surface area contributed by atoms with Crippen LogP contribution in [0.4, 0.5) is 0 Å². The first-order chi connectivity index (χ1) is 8.15. The van der Waals surface area contributed by atoms with E-state index < -0.39 is 0 Å². The molecule has 0 aliphatic heterocycles. The zero-order valence-corrected chi connectivity index (χ0v) is 10.4. The van der Waals surface area contributed by atoms with Gasteiger partial charge in [0.25, 0.3) is 0 Å². The smallest absolute Gasteiger partial charge is 0.243 e. The zero-order chi connectivity index (χ0) is 12.7. The minimum atomic E-state index is -0.119. The Labute approximate surface area is 102 Å². The van der Waals surface area contributed by atoms with E-state index in [0.29, 0.717) is 12.5 Å². The van der Waals surface area contributed by atoms with E-state index in [9.17, 15) is 4.79 Å². The van der Waals surface area contributed by atoms with Gasteiger partial charge in [-0.2, -0.15) is 0 Å². The lowest BCUT2D eigenvalue weighted by atomic mass is 10.0. The van der Waals surface area contributed by atoms with Gasteiger partial charge in [0.15, 0.2) is 0 Å². The van der Waals surface area contributed by atoms with Gasteiger partial charge in [-0.25, -0.2) is 0 Å². The summed E-state index contributed by atoms with van der Waals surface area (Å²) in [4.78, 5) is 11.0. The van der Waals surface area contributed by atoms with E-state index >= 15 is 0 Å². The van der Waals surface area contributed by atoms with Crippen LogP contribution in [-0.4, -0.2) is 19.6 Å². The van der Waals surface area contributed by atoms with Crippen molar-refractivity contribution in [3.8, 4) is 5.75 Å². The molecule has 1 N–H and O–H groups in total. The van der Waals surface area contributed by atoms with E-state index in [0.717, 1.165) is 12.2 Å². The van der Waals surface area contributed by atoms with Crippen LogP contribution >= 0.6 is 0 Å². The number of hydrogen-bond donors (Lipinski definition) is 1. The third-order valence-corrected chi connectivity index (χ3v) is 2.55. The van der Waals surface area contributed by atoms with Crippen molar-refractivity contribution in [3.05, 3.63) is 42.5 Å². The predicted octanol–water partition coefficient (Wildman–Crippen LogP) is 2.18. The van der Waals surface area contributed by atoms with Crippen molar-refractivity contribution in [1.29, 1.82) is 0 Å². The molecule has 0 saturated heterocycles. The number of amides is 1. The quantitative estimate of drug-likeness (QED) is 0.765. The summed E-state index contributed by atoms with van der Waals surface area (Å²) in [6.07, 6.45) is 2.22. The number of carbonyl (C=O) groups is 1. The highest BCUT2D eigenvalue weighted by Gasteiger charge is 2.05. The van der Waals surface area contributed by atoms with Crippen molar-refractivity contribution in [1.82, 2.24) is 5.32 Å². The number of nitrogens with one attached hydrogen (secondary N) is 1. The van der Waals surface area contributed by atoms with Crippen LogP contribution in [0.5, 0.6) is 5.75 Å². The fourth-order valence-electron chi connectivity index (χ4n) is 1.58. The molecule has 0 heterocycles. The van der Waals surface area contributed by atoms with Crippen molar-refractivity contribution in [3.63, 3.8) is 0 Å². The number of hydrogen-bond acceptors (Lipinski definition) is 2. The Morgan fingerprint density at radius 3 is 2.65 bits per heavy atom. The van der Waals surface area contributed by atoms with Crippen LogP contribution in [0.25, 0.3) is 0 Å². The Kier molecular flexibility index (Phi) is 5.27. The van der Waals surface area contributed by atoms with Crippen LogP contribution in [-0.2, 0) is 11.2 Å². The molecule has 0 aliphatic rings. The molecule has 1 amide bonds. The van der Waals surface area contributed by atoms with Gasteiger partial charge < -0.3 is 10.1 Å². The van der Waals surface area contributed by atoms with Gasteiger partial charge in [0.05, 0.1) is 7.11 Å². The molecular formula is C14H19NO2. The zero-order valence-electron chi connectivity index (χ0n) is 10.4. The Morgan fingerprint density at radius 1 is 1.47 bits per heavy atom. The second-order valence-electron chi connectivity index (χ2n) is 4.11. The second-order valence-corrected chi connectivity index (χ2v) is 4.11. The monoisotopic (exact) mass is 233 g/mol. The highest BCUT2D eigenvalue weighted by atomic mass is 16.5. The lowest BCUT2D eigenvalue weighted by Gasteiger charge is -2.12. The van der Waals surface area contributed by atoms with E-state index in [1.54, 1.807) is 7.11 Å². The van der Waals surface area contributed by atoms with E-state index in [-0.39, 0.29) is 5.91 Å². The Hall–Kier alpha value is -1.77. The van der Waals surface area contributed by atoms with Gasteiger partial charge in [-0.15, -0.1) is 0 Å². The molecule has 0 bridgehead atoms. The van der Waals surface area contributed by atoms with Gasteiger partial charge in [-0.05, 0) is 36.1 Å². The maximum atomic E-state index is 11.0. The normalized spacial score (nSPS) is 11.6. The maximum Gasteiger partial charge on any atom is 0.243 e. The molecule has 3 heteroatoms. The van der Waals surface area contributed by atoms with E-state index in [1.807, 2.05) is 24.3 Å². The first-order valence-corrected chi connectivity index (χ1v) is 5.69. The second kappa shape index (κ2) is 6.74. The fraction of sp³-hybridized carbons (Fsp3) is 0.357. The van der Waals surface area contributed by atoms with Crippen LogP contribution in [0, 0.1) is 5.92 Å². The molecule has 92 valence electrons. The van der Waals surface area contributed by atoms with Crippen molar-refractivity contribution < 1.29 is 9.53 Å². The lowest BCUT2D eigenvalue weighted by Crippen LogP contribution is -2.27. The largest absolute Gasteiger partial charge is 0.497 e. The molecule has 1 aromatic rings. The number of ether oxygens (including phenoxy) is 1. The number of carbonyl (C=O) groups excluding carboxylic acids is 1. The fourth-order valence-corrected chi connectivity index (χ4v) is 1.58. The maximum absolute atomic E-state index is 11.0. The third-order valence-electron chi connectivity index (χ3n) is 2.55. The number of methoxy groups -OCH3 is 1. The molecule has 17 heavy (non-hydrogen) atoms. The van der Waals surface area contributed by atoms with Crippen molar-refractivity contribution in [2.75, 3.05) is 13.7 Å². The van der Waals surface area contributed by atoms with Gasteiger partial charge in [0.1, 0.15) is 5.75 Å². The van der Waals surface area contributed by atoms with Gasteiger partial charge in [0, 0.05) is 6.54 Å². The molecule has 1 rings (SSSR count). The summed E-state index contributed by atoms with van der Waals surface area (Å²) < 4.78 is 5.10. The molecule has 0 aliphatic carbocycles. The first-order valence-electron chi connectivity index (χ1n) is 5.69. The average molecular weight is 233 g/mol. The van der Waals surface area contributed by atoms with E-state index in [4.69, 9.17) is 4.74 Å². The Morgan fingerprint density at radius 2 is 2.12 bits per heavy atom. The third kappa shape index (κ3) is 4.72. The summed E-state index contributed by atoms with van der Waals surface area (Å²) in [5, 5.41) is 2.79. The van der Waals surface area contributed by atoms with Crippen LogP contribution < -0.4 is 10.1 Å². The Bertz CT molecular complexity index is 370. The predicted molar refractivity (Wildman–Crippen MR) is 69.1 cm³/mol. The molecule has 3 nitrogen and oxygen atoms in total. The van der Waals surface area contributed by atoms with E-state index in [2.05, 4.69) is 18.8 Å². The minimum Gasteiger partial charge on any atom is -0.497 e. The molecular weight excluding hydrogens is 214 g/mol. The minimum absolute atomic E-state index is 0.119. The molecule has 1 unspecified atom stereocenters. The summed E-state index contributed by atoms with van der Waals surface area (Å²) >= 11 is 0. The van der Waals surface area contributed by atoms with Gasteiger partial charge >= 0.3 is 0 Å². The van der Waals surface area contributed by atoms with Gasteiger partial charge in [-0.3, -0.25) is 4.79 Å². The average Bonchev–Trinajstić information content (AvgIpc) is 2.36. The van der Waals surface area contributed by atoms with Crippen molar-refractivity contribution >= 4 is 5.91 Å². The SMILES string of the molecule is C=CC(=O)NCC(C)Cc1ccc(OC)cc1. The van der Waals surface area contributed by atoms with Gasteiger partial charge in [0.2, 0.25) is 5.91 Å². The Balaban J connectivity index is 2.41. The van der Waals surface area contributed by atoms with Crippen LogP contribution in [0.1, 0.15) is 12.5 Å². The first kappa shape index (κ1) is 13.3. The molecule has 0 spiro atoms. The number of rotatable bonds is 6. The summed E-state index contributed by atoms with van der Waals surface area (Å²) in [6, 6.07) is 7.99. The molecule has 0 aromatic heterocycles. The van der Waals surface area contributed by atoms with Crippen LogP contribution in [0.15, 0.2) is 36.9 Å². The topological polar surface area (TPSA) is 38.3 Å². The summed E-state index contributed by atoms with van der Waals surface area (Å²) in [5.74, 6) is 1.14. The highest BCUT2D eigenvalue weighted by molar-refractivity contribution is 5.86. The van der Waals surface area contributed by atoms with Crippen LogP contribution in [0.3, 0.4) is 0 Å². The molecule has 0 fully saturated rings. The highest BCUT2D eigenvalue weighted by Crippen LogP contribution is 2.14. The molecule has 1 aromatic carbocycles. The van der Waals surface area contributed by atoms with Crippen LogP contribution in [0.2, 0.25) is 0 Å². The van der Waals surface area contributed by atoms with E-state index in [1.165, 1.54) is 11.6 Å².